The number of rotatable bonds is 6. The van der Waals surface area contributed by atoms with Gasteiger partial charge < -0.3 is 14.3 Å². The molecule has 0 saturated heterocycles. The highest BCUT2D eigenvalue weighted by Gasteiger charge is 2.33. The van der Waals surface area contributed by atoms with E-state index in [0.717, 1.165) is 22.3 Å². The van der Waals surface area contributed by atoms with Crippen LogP contribution in [-0.4, -0.2) is 30.5 Å². The van der Waals surface area contributed by atoms with Crippen molar-refractivity contribution in [1.82, 2.24) is 9.55 Å². The average molecular weight is 596 g/mol. The molecule has 2 heterocycles. The molecule has 1 N–H and O–H groups in total. The van der Waals surface area contributed by atoms with Crippen molar-refractivity contribution >= 4 is 31.7 Å². The van der Waals surface area contributed by atoms with Gasteiger partial charge in [0.25, 0.3) is 5.56 Å². The number of carbonyl (C=O) groups is 1. The number of sulfone groups is 1. The molecule has 0 amide bonds. The molecule has 5 rings (SSSR count). The van der Waals surface area contributed by atoms with Gasteiger partial charge in [-0.3, -0.25) is 4.79 Å². The maximum absolute atomic E-state index is 13.4. The predicted molar refractivity (Wildman–Crippen MR) is 148 cm³/mol. The summed E-state index contributed by atoms with van der Waals surface area (Å²) in [4.78, 5) is 29.0. The van der Waals surface area contributed by atoms with Gasteiger partial charge in [0.15, 0.2) is 0 Å². The molecule has 7 nitrogen and oxygen atoms in total. The Hall–Kier alpha value is -3.43. The SMILES string of the molecule is CCOC(=O)c1c(Br)c2c(n1Cc1ccc(C)cc1)-c1[nH]c(=O)c(S(=O)(=O)c3ccc(C)cc3)cc1CC2. The fraction of sp³-hybridized carbons (Fsp3) is 0.241. The average Bonchev–Trinajstić information content (AvgIpc) is 3.17. The molecule has 38 heavy (non-hydrogen) atoms. The minimum atomic E-state index is -4.02. The molecule has 9 heteroatoms. The van der Waals surface area contributed by atoms with Gasteiger partial charge in [-0.15, -0.1) is 0 Å². The molecule has 0 bridgehead atoms. The number of H-pyrrole nitrogens is 1. The Labute approximate surface area is 229 Å². The summed E-state index contributed by atoms with van der Waals surface area (Å²) in [5, 5.41) is 0. The Kier molecular flexibility index (Phi) is 6.92. The van der Waals surface area contributed by atoms with Crippen molar-refractivity contribution < 1.29 is 17.9 Å². The number of halogens is 1. The third kappa shape index (κ3) is 4.54. The smallest absolute Gasteiger partial charge is 0.356 e. The van der Waals surface area contributed by atoms with Crippen molar-refractivity contribution in [1.29, 1.82) is 0 Å². The zero-order chi connectivity index (χ0) is 27.2. The number of hydrogen-bond donors (Lipinski definition) is 1. The zero-order valence-corrected chi connectivity index (χ0v) is 23.7. The van der Waals surface area contributed by atoms with Gasteiger partial charge in [-0.05, 0) is 84.4 Å². The predicted octanol–water partition coefficient (Wildman–Crippen LogP) is 5.38. The molecule has 196 valence electrons. The topological polar surface area (TPSA) is 98.2 Å². The summed E-state index contributed by atoms with van der Waals surface area (Å²) in [5.74, 6) is -0.469. The molecule has 2 aromatic carbocycles. The summed E-state index contributed by atoms with van der Waals surface area (Å²) in [6.45, 7) is 6.22. The summed E-state index contributed by atoms with van der Waals surface area (Å²) in [5.41, 5.74) is 5.45. The Morgan fingerprint density at radius 2 is 1.66 bits per heavy atom. The number of esters is 1. The quantitative estimate of drug-likeness (QED) is 0.302. The van der Waals surface area contributed by atoms with Crippen LogP contribution in [0.3, 0.4) is 0 Å². The lowest BCUT2D eigenvalue weighted by Gasteiger charge is -2.21. The summed E-state index contributed by atoms with van der Waals surface area (Å²) < 4.78 is 34.6. The fourth-order valence-electron chi connectivity index (χ4n) is 4.85. The van der Waals surface area contributed by atoms with Crippen molar-refractivity contribution in [3.63, 3.8) is 0 Å². The monoisotopic (exact) mass is 594 g/mol. The van der Waals surface area contributed by atoms with Crippen LogP contribution in [0.1, 0.15) is 45.2 Å². The van der Waals surface area contributed by atoms with Gasteiger partial charge in [-0.25, -0.2) is 13.2 Å². The van der Waals surface area contributed by atoms with E-state index in [4.69, 9.17) is 4.74 Å². The first kappa shape index (κ1) is 26.2. The minimum absolute atomic E-state index is 0.0696. The van der Waals surface area contributed by atoms with Crippen LogP contribution < -0.4 is 5.56 Å². The van der Waals surface area contributed by atoms with Crippen molar-refractivity contribution in [3.05, 3.63) is 103 Å². The van der Waals surface area contributed by atoms with E-state index >= 15 is 0 Å². The van der Waals surface area contributed by atoms with Crippen LogP contribution in [-0.2, 0) is 34.0 Å². The molecule has 2 aromatic heterocycles. The fourth-order valence-corrected chi connectivity index (χ4v) is 6.95. The van der Waals surface area contributed by atoms with Gasteiger partial charge in [0, 0.05) is 6.54 Å². The summed E-state index contributed by atoms with van der Waals surface area (Å²) in [6, 6.07) is 15.9. The lowest BCUT2D eigenvalue weighted by atomic mass is 9.94. The van der Waals surface area contributed by atoms with E-state index in [2.05, 4.69) is 20.9 Å². The van der Waals surface area contributed by atoms with E-state index in [0.29, 0.717) is 46.5 Å². The largest absolute Gasteiger partial charge is 0.461 e. The number of benzene rings is 2. The number of aromatic amines is 1. The molecule has 0 saturated carbocycles. The van der Waals surface area contributed by atoms with Crippen LogP contribution in [0.25, 0.3) is 11.4 Å². The molecule has 0 atom stereocenters. The number of fused-ring (bicyclic) bond motifs is 3. The van der Waals surface area contributed by atoms with Crippen LogP contribution in [0.4, 0.5) is 0 Å². The summed E-state index contributed by atoms with van der Waals surface area (Å²) in [6.07, 6.45) is 1.07. The van der Waals surface area contributed by atoms with Gasteiger partial charge in [-0.2, -0.15) is 0 Å². The third-order valence-corrected chi connectivity index (χ3v) is 9.45. The number of aryl methyl sites for hydroxylation is 3. The molecule has 1 aliphatic rings. The van der Waals surface area contributed by atoms with E-state index < -0.39 is 21.4 Å². The van der Waals surface area contributed by atoms with Crippen LogP contribution >= 0.6 is 15.9 Å². The number of pyridine rings is 1. The number of nitrogens with one attached hydrogen (secondary N) is 1. The highest BCUT2D eigenvalue weighted by molar-refractivity contribution is 9.10. The van der Waals surface area contributed by atoms with Gasteiger partial charge in [0.1, 0.15) is 10.6 Å². The molecular weight excluding hydrogens is 568 g/mol. The summed E-state index contributed by atoms with van der Waals surface area (Å²) >= 11 is 3.63. The second kappa shape index (κ2) is 10.0. The van der Waals surface area contributed by atoms with Gasteiger partial charge in [0.2, 0.25) is 9.84 Å². The van der Waals surface area contributed by atoms with Crippen LogP contribution in [0.15, 0.2) is 73.7 Å². The molecule has 1 aliphatic carbocycles. The highest BCUT2D eigenvalue weighted by atomic mass is 79.9. The standard InChI is InChI=1S/C29H27BrN2O5S/c1-4-37-29(34)27-24(30)22-14-11-20-15-23(38(35,36)21-12-7-18(3)8-13-21)28(33)31-25(20)26(22)32(27)16-19-9-5-17(2)6-10-19/h5-10,12-13,15H,4,11,14,16H2,1-3H3,(H,31,33). The zero-order valence-electron chi connectivity index (χ0n) is 21.3. The Balaban J connectivity index is 1.69. The van der Waals surface area contributed by atoms with Crippen molar-refractivity contribution in [3.8, 4) is 11.4 Å². The molecular formula is C29H27BrN2O5S. The van der Waals surface area contributed by atoms with Crippen LogP contribution in [0.5, 0.6) is 0 Å². The molecule has 0 radical (unpaired) electrons. The van der Waals surface area contributed by atoms with Gasteiger partial charge >= 0.3 is 5.97 Å². The van der Waals surface area contributed by atoms with Crippen molar-refractivity contribution in [2.75, 3.05) is 6.61 Å². The molecule has 0 fully saturated rings. The molecule has 4 aromatic rings. The van der Waals surface area contributed by atoms with E-state index in [-0.39, 0.29) is 16.4 Å². The number of carbonyl (C=O) groups excluding carboxylic acids is 1. The lowest BCUT2D eigenvalue weighted by Crippen LogP contribution is -2.22. The number of aromatic nitrogens is 2. The lowest BCUT2D eigenvalue weighted by molar-refractivity contribution is 0.0513. The first-order valence-corrected chi connectivity index (χ1v) is 14.6. The summed E-state index contributed by atoms with van der Waals surface area (Å²) in [7, 11) is -4.02. The normalized spacial score (nSPS) is 12.6. The second-order valence-electron chi connectivity index (χ2n) is 9.46. The maximum Gasteiger partial charge on any atom is 0.356 e. The Morgan fingerprint density at radius 1 is 1.03 bits per heavy atom. The number of nitrogens with zero attached hydrogens (tertiary/aromatic N) is 1. The Morgan fingerprint density at radius 3 is 2.29 bits per heavy atom. The molecule has 0 aliphatic heterocycles. The van der Waals surface area contributed by atoms with E-state index in [1.807, 2.05) is 42.7 Å². The van der Waals surface area contributed by atoms with E-state index in [1.54, 1.807) is 19.1 Å². The maximum atomic E-state index is 13.4. The van der Waals surface area contributed by atoms with Crippen LogP contribution in [0, 0.1) is 13.8 Å². The first-order valence-electron chi connectivity index (χ1n) is 12.3. The number of hydrogen-bond acceptors (Lipinski definition) is 5. The van der Waals surface area contributed by atoms with Crippen LogP contribution in [0.2, 0.25) is 0 Å². The Bertz CT molecular complexity index is 1720. The number of ether oxygens (including phenoxy) is 1. The molecule has 0 spiro atoms. The van der Waals surface area contributed by atoms with Crippen molar-refractivity contribution in [2.45, 2.75) is 49.9 Å². The van der Waals surface area contributed by atoms with Gasteiger partial charge in [0.05, 0.1) is 27.4 Å². The van der Waals surface area contributed by atoms with Gasteiger partial charge in [-0.1, -0.05) is 47.5 Å². The van der Waals surface area contributed by atoms with Crippen molar-refractivity contribution in [2.24, 2.45) is 0 Å². The van der Waals surface area contributed by atoms with E-state index in [1.165, 1.54) is 18.2 Å². The highest BCUT2D eigenvalue weighted by Crippen LogP contribution is 2.41. The third-order valence-electron chi connectivity index (χ3n) is 6.82. The second-order valence-corrected chi connectivity index (χ2v) is 12.2. The molecule has 0 unspecified atom stereocenters. The van der Waals surface area contributed by atoms with E-state index in [9.17, 15) is 18.0 Å². The first-order chi connectivity index (χ1) is 18.1. The minimum Gasteiger partial charge on any atom is -0.461 e.